The van der Waals surface area contributed by atoms with Crippen LogP contribution in [0.15, 0.2) is 0 Å². The van der Waals surface area contributed by atoms with Crippen molar-refractivity contribution in [3.05, 3.63) is 0 Å². The fraction of sp³-hybridized carbons (Fsp3) is 1.00. The number of aliphatic hydroxyl groups excluding tert-OH is 1. The minimum Gasteiger partial charge on any atom is -0.393 e. The van der Waals surface area contributed by atoms with Crippen LogP contribution in [0.5, 0.6) is 0 Å². The molecule has 0 aromatic heterocycles. The third-order valence-electron chi connectivity index (χ3n) is 8.79. The van der Waals surface area contributed by atoms with Gasteiger partial charge in [0.25, 0.3) is 0 Å². The summed E-state index contributed by atoms with van der Waals surface area (Å²) in [5, 5.41) is 10.3. The number of methoxy groups -OCH3 is 1. The predicted molar refractivity (Wildman–Crippen MR) is 94.5 cm³/mol. The summed E-state index contributed by atoms with van der Waals surface area (Å²) >= 11 is 0. The van der Waals surface area contributed by atoms with Crippen molar-refractivity contribution in [2.75, 3.05) is 13.9 Å². The van der Waals surface area contributed by atoms with Crippen molar-refractivity contribution in [3.63, 3.8) is 0 Å². The highest BCUT2D eigenvalue weighted by Gasteiger charge is 2.59. The second-order valence-corrected chi connectivity index (χ2v) is 9.91. The Balaban J connectivity index is 1.50. The summed E-state index contributed by atoms with van der Waals surface area (Å²) in [5.41, 5.74) is 0.924. The summed E-state index contributed by atoms with van der Waals surface area (Å²) in [4.78, 5) is 0. The van der Waals surface area contributed by atoms with E-state index in [-0.39, 0.29) is 6.10 Å². The molecule has 4 aliphatic rings. The monoisotopic (exact) mass is 336 g/mol. The van der Waals surface area contributed by atoms with Gasteiger partial charge in [0, 0.05) is 7.11 Å². The SMILES string of the molecule is COCOC1CC[C@@]2(C)C(CC[C@@H]3[C@H]2CC[C@]2(C)CC(O)C[C@@H]32)C1. The van der Waals surface area contributed by atoms with Crippen LogP contribution in [0.25, 0.3) is 0 Å². The molecule has 3 nitrogen and oxygen atoms in total. The Morgan fingerprint density at radius 2 is 1.83 bits per heavy atom. The van der Waals surface area contributed by atoms with E-state index in [1.165, 1.54) is 44.9 Å². The van der Waals surface area contributed by atoms with E-state index in [1.54, 1.807) is 7.11 Å². The first kappa shape index (κ1) is 17.3. The van der Waals surface area contributed by atoms with Crippen molar-refractivity contribution in [1.29, 1.82) is 0 Å². The molecular weight excluding hydrogens is 300 g/mol. The zero-order valence-corrected chi connectivity index (χ0v) is 15.8. The molecule has 4 rings (SSSR count). The van der Waals surface area contributed by atoms with Crippen LogP contribution in [0.4, 0.5) is 0 Å². The van der Waals surface area contributed by atoms with Crippen molar-refractivity contribution in [3.8, 4) is 0 Å². The van der Waals surface area contributed by atoms with Crippen LogP contribution < -0.4 is 0 Å². The maximum Gasteiger partial charge on any atom is 0.146 e. The zero-order valence-electron chi connectivity index (χ0n) is 15.8. The normalized spacial score (nSPS) is 54.0. The quantitative estimate of drug-likeness (QED) is 0.777. The third-order valence-corrected chi connectivity index (χ3v) is 8.79. The molecular formula is C21H36O3. The first-order chi connectivity index (χ1) is 11.5. The minimum absolute atomic E-state index is 0.0394. The molecule has 1 N–H and O–H groups in total. The lowest BCUT2D eigenvalue weighted by Crippen LogP contribution is -2.53. The van der Waals surface area contributed by atoms with E-state index in [0.717, 1.165) is 36.5 Å². The Morgan fingerprint density at radius 3 is 2.62 bits per heavy atom. The molecule has 4 aliphatic carbocycles. The summed E-state index contributed by atoms with van der Waals surface area (Å²) in [6.07, 6.45) is 11.7. The largest absolute Gasteiger partial charge is 0.393 e. The fourth-order valence-electron chi connectivity index (χ4n) is 7.56. The molecule has 0 aromatic carbocycles. The van der Waals surface area contributed by atoms with E-state index in [9.17, 15) is 5.11 Å². The van der Waals surface area contributed by atoms with Crippen LogP contribution in [0.2, 0.25) is 0 Å². The summed E-state index contributed by atoms with van der Waals surface area (Å²) in [6.45, 7) is 5.50. The van der Waals surface area contributed by atoms with E-state index in [1.807, 2.05) is 0 Å². The van der Waals surface area contributed by atoms with Gasteiger partial charge in [0.2, 0.25) is 0 Å². The molecule has 3 heteroatoms. The highest BCUT2D eigenvalue weighted by molar-refractivity contribution is 5.08. The second kappa shape index (κ2) is 6.25. The first-order valence-corrected chi connectivity index (χ1v) is 10.2. The van der Waals surface area contributed by atoms with Gasteiger partial charge in [-0.15, -0.1) is 0 Å². The van der Waals surface area contributed by atoms with Crippen LogP contribution in [0.3, 0.4) is 0 Å². The number of fused-ring (bicyclic) bond motifs is 5. The molecule has 4 fully saturated rings. The van der Waals surface area contributed by atoms with Crippen molar-refractivity contribution in [1.82, 2.24) is 0 Å². The molecule has 0 aromatic rings. The summed E-state index contributed by atoms with van der Waals surface area (Å²) in [7, 11) is 1.72. The lowest BCUT2D eigenvalue weighted by atomic mass is 9.45. The number of aliphatic hydroxyl groups is 1. The van der Waals surface area contributed by atoms with Crippen molar-refractivity contribution >= 4 is 0 Å². The van der Waals surface area contributed by atoms with Gasteiger partial charge in [-0.25, -0.2) is 0 Å². The zero-order chi connectivity index (χ0) is 16.9. The lowest BCUT2D eigenvalue weighted by Gasteiger charge is -2.60. The van der Waals surface area contributed by atoms with Gasteiger partial charge in [0.05, 0.1) is 12.2 Å². The molecule has 0 amide bonds. The van der Waals surface area contributed by atoms with Crippen LogP contribution in [-0.2, 0) is 9.47 Å². The van der Waals surface area contributed by atoms with Gasteiger partial charge in [-0.05, 0) is 92.3 Å². The molecule has 0 aliphatic heterocycles. The summed E-state index contributed by atoms with van der Waals surface area (Å²) in [5.74, 6) is 3.33. The molecule has 0 radical (unpaired) electrons. The predicted octanol–water partition coefficient (Wildman–Crippen LogP) is 4.38. The lowest BCUT2D eigenvalue weighted by molar-refractivity contribution is -0.149. The Hall–Kier alpha value is -0.120. The molecule has 4 saturated carbocycles. The van der Waals surface area contributed by atoms with Gasteiger partial charge in [-0.3, -0.25) is 0 Å². The van der Waals surface area contributed by atoms with Crippen LogP contribution >= 0.6 is 0 Å². The Morgan fingerprint density at radius 1 is 1.00 bits per heavy atom. The molecule has 8 atom stereocenters. The van der Waals surface area contributed by atoms with Crippen molar-refractivity contribution in [2.24, 2.45) is 34.5 Å². The third kappa shape index (κ3) is 2.66. The Labute approximate surface area is 147 Å². The van der Waals surface area contributed by atoms with Gasteiger partial charge >= 0.3 is 0 Å². The van der Waals surface area contributed by atoms with Crippen LogP contribution in [0, 0.1) is 34.5 Å². The van der Waals surface area contributed by atoms with Crippen molar-refractivity contribution < 1.29 is 14.6 Å². The van der Waals surface area contributed by atoms with E-state index < -0.39 is 0 Å². The summed E-state index contributed by atoms with van der Waals surface area (Å²) in [6, 6.07) is 0. The van der Waals surface area contributed by atoms with E-state index >= 15 is 0 Å². The highest BCUT2D eigenvalue weighted by Crippen LogP contribution is 2.66. The first-order valence-electron chi connectivity index (χ1n) is 10.2. The number of rotatable bonds is 3. The number of ether oxygens (including phenoxy) is 2. The Bertz CT molecular complexity index is 466. The van der Waals surface area contributed by atoms with E-state index in [0.29, 0.717) is 23.7 Å². The maximum absolute atomic E-state index is 10.3. The summed E-state index contributed by atoms with van der Waals surface area (Å²) < 4.78 is 11.0. The van der Waals surface area contributed by atoms with Gasteiger partial charge in [-0.2, -0.15) is 0 Å². The molecule has 24 heavy (non-hydrogen) atoms. The minimum atomic E-state index is -0.0394. The number of hydrogen-bond acceptors (Lipinski definition) is 3. The average Bonchev–Trinajstić information content (AvgIpc) is 2.87. The van der Waals surface area contributed by atoms with Gasteiger partial charge in [0.15, 0.2) is 0 Å². The second-order valence-electron chi connectivity index (χ2n) is 9.91. The Kier molecular flexibility index (Phi) is 4.50. The molecule has 3 unspecified atom stereocenters. The van der Waals surface area contributed by atoms with E-state index in [2.05, 4.69) is 13.8 Å². The smallest absolute Gasteiger partial charge is 0.146 e. The van der Waals surface area contributed by atoms with E-state index in [4.69, 9.17) is 9.47 Å². The average molecular weight is 337 g/mol. The van der Waals surface area contributed by atoms with Crippen molar-refractivity contribution in [2.45, 2.75) is 83.8 Å². The topological polar surface area (TPSA) is 38.7 Å². The van der Waals surface area contributed by atoms with Gasteiger partial charge in [-0.1, -0.05) is 13.8 Å². The van der Waals surface area contributed by atoms with Gasteiger partial charge in [0.1, 0.15) is 6.79 Å². The molecule has 0 spiro atoms. The standard InChI is InChI=1S/C21H36O3/c1-20-8-7-18-17(19(20)11-15(22)12-20)5-4-14-10-16(24-13-23-3)6-9-21(14,18)2/h14-19,22H,4-13H2,1-3H3/t14?,15?,16?,17-,18-,19+,20-,21+/m1/s1. The molecule has 0 heterocycles. The maximum atomic E-state index is 10.3. The molecule has 0 saturated heterocycles. The fourth-order valence-corrected chi connectivity index (χ4v) is 7.56. The molecule has 138 valence electrons. The van der Waals surface area contributed by atoms with Gasteiger partial charge < -0.3 is 14.6 Å². The molecule has 0 bridgehead atoms. The highest BCUT2D eigenvalue weighted by atomic mass is 16.7. The van der Waals surface area contributed by atoms with Crippen LogP contribution in [-0.4, -0.2) is 31.2 Å². The number of hydrogen-bond donors (Lipinski definition) is 1. The van der Waals surface area contributed by atoms with Crippen LogP contribution in [0.1, 0.15) is 71.6 Å².